The highest BCUT2D eigenvalue weighted by Crippen LogP contribution is 2.69. The maximum atomic E-state index is 12.5. The molecule has 6 rings (SSSR count). The molecule has 2 heterocycles. The van der Waals surface area contributed by atoms with Crippen LogP contribution in [0.5, 0.6) is 11.7 Å². The number of morpholine rings is 1. The molecule has 4 aliphatic rings. The number of hydrogen-bond acceptors (Lipinski definition) is 7. The number of aromatic nitrogens is 1. The van der Waals surface area contributed by atoms with E-state index in [0.717, 1.165) is 51.3 Å². The molecule has 148 valence electrons. The fraction of sp³-hybridized carbons (Fsp3) is 0.500. The van der Waals surface area contributed by atoms with Crippen molar-refractivity contribution in [3.05, 3.63) is 30.3 Å². The summed E-state index contributed by atoms with van der Waals surface area (Å²) in [6, 6.07) is 9.38. The summed E-state index contributed by atoms with van der Waals surface area (Å²) in [7, 11) is 1.70. The Kier molecular flexibility index (Phi) is 4.06. The van der Waals surface area contributed by atoms with Crippen molar-refractivity contribution in [2.75, 3.05) is 43.6 Å². The van der Waals surface area contributed by atoms with Crippen molar-refractivity contribution in [1.82, 2.24) is 5.16 Å². The second-order valence-corrected chi connectivity index (χ2v) is 7.88. The van der Waals surface area contributed by atoms with Crippen LogP contribution in [0, 0.1) is 5.41 Å². The minimum absolute atomic E-state index is 0.0267. The van der Waals surface area contributed by atoms with Crippen molar-refractivity contribution in [1.29, 1.82) is 0 Å². The lowest BCUT2D eigenvalue weighted by Crippen LogP contribution is -2.72. The Bertz CT molecular complexity index is 852. The molecule has 8 nitrogen and oxygen atoms in total. The maximum absolute atomic E-state index is 12.5. The molecule has 1 N–H and O–H groups in total. The number of anilines is 2. The lowest BCUT2D eigenvalue weighted by atomic mass is 9.40. The van der Waals surface area contributed by atoms with Crippen LogP contribution in [0.4, 0.5) is 11.5 Å². The molecular weight excluding hydrogens is 362 g/mol. The molecule has 1 aliphatic heterocycles. The first-order valence-electron chi connectivity index (χ1n) is 9.54. The van der Waals surface area contributed by atoms with Gasteiger partial charge in [0, 0.05) is 25.9 Å². The molecule has 1 saturated heterocycles. The minimum atomic E-state index is -0.300. The predicted molar refractivity (Wildman–Crippen MR) is 101 cm³/mol. The van der Waals surface area contributed by atoms with Gasteiger partial charge in [0.2, 0.25) is 5.91 Å². The number of rotatable bonds is 6. The third-order valence-corrected chi connectivity index (χ3v) is 6.06. The van der Waals surface area contributed by atoms with E-state index in [0.29, 0.717) is 11.6 Å². The molecule has 0 unspecified atom stereocenters. The van der Waals surface area contributed by atoms with Crippen molar-refractivity contribution in [3.63, 3.8) is 0 Å². The monoisotopic (exact) mass is 385 g/mol. The summed E-state index contributed by atoms with van der Waals surface area (Å²) >= 11 is 0. The molecule has 0 atom stereocenters. The van der Waals surface area contributed by atoms with Crippen molar-refractivity contribution in [2.45, 2.75) is 24.9 Å². The molecule has 1 amide bonds. The van der Waals surface area contributed by atoms with E-state index in [-0.39, 0.29) is 22.9 Å². The fourth-order valence-electron chi connectivity index (χ4n) is 4.43. The van der Waals surface area contributed by atoms with Crippen LogP contribution >= 0.6 is 0 Å². The molecule has 3 aliphatic carbocycles. The average molecular weight is 385 g/mol. The van der Waals surface area contributed by atoms with Crippen LogP contribution in [-0.2, 0) is 14.3 Å². The van der Waals surface area contributed by atoms with Gasteiger partial charge in [-0.15, -0.1) is 0 Å². The topological polar surface area (TPSA) is 86.1 Å². The Morgan fingerprint density at radius 3 is 2.57 bits per heavy atom. The van der Waals surface area contributed by atoms with Crippen molar-refractivity contribution in [2.24, 2.45) is 5.41 Å². The van der Waals surface area contributed by atoms with Crippen LogP contribution in [0.15, 0.2) is 34.9 Å². The molecule has 8 heteroatoms. The molecule has 0 spiro atoms. The number of benzene rings is 1. The van der Waals surface area contributed by atoms with Crippen molar-refractivity contribution >= 4 is 17.4 Å². The van der Waals surface area contributed by atoms with E-state index >= 15 is 0 Å². The molecule has 3 saturated carbocycles. The smallest absolute Gasteiger partial charge is 0.318 e. The van der Waals surface area contributed by atoms with E-state index < -0.39 is 0 Å². The lowest BCUT2D eigenvalue weighted by Gasteiger charge is -2.67. The molecule has 1 aromatic carbocycles. The Labute approximate surface area is 162 Å². The van der Waals surface area contributed by atoms with Crippen LogP contribution in [-0.4, -0.2) is 50.1 Å². The number of nitrogens with zero attached hydrogens (tertiary/aromatic N) is 2. The third kappa shape index (κ3) is 2.93. The SMILES string of the molecule is COC12CC(C(=O)Nc3cc(Oc4ccc(N5CCOCC5)cc4)on3)(C1)C2. The molecule has 2 aromatic rings. The van der Waals surface area contributed by atoms with Crippen LogP contribution in [0.25, 0.3) is 0 Å². The summed E-state index contributed by atoms with van der Waals surface area (Å²) in [6.45, 7) is 3.27. The first kappa shape index (κ1) is 17.5. The van der Waals surface area contributed by atoms with Gasteiger partial charge >= 0.3 is 5.95 Å². The second kappa shape index (κ2) is 6.49. The standard InChI is InChI=1S/C20H23N3O5/c1-25-20-11-19(12-20,13-20)18(24)21-16-10-17(28-22-16)27-15-4-2-14(3-5-15)23-6-8-26-9-7-23/h2-5,10H,6-9,11-13H2,1H3,(H,21,22,24). The Morgan fingerprint density at radius 2 is 1.89 bits per heavy atom. The molecule has 0 radical (unpaired) electrons. The van der Waals surface area contributed by atoms with Crippen LogP contribution in [0.1, 0.15) is 19.3 Å². The van der Waals surface area contributed by atoms with Crippen LogP contribution in [0.2, 0.25) is 0 Å². The highest BCUT2D eigenvalue weighted by atomic mass is 16.6. The number of carbonyl (C=O) groups excluding carboxylic acids is 1. The first-order chi connectivity index (χ1) is 13.6. The van der Waals surface area contributed by atoms with Gasteiger partial charge in [0.1, 0.15) is 5.75 Å². The number of carbonyl (C=O) groups is 1. The quantitative estimate of drug-likeness (QED) is 0.818. The van der Waals surface area contributed by atoms with E-state index in [1.165, 1.54) is 0 Å². The summed E-state index contributed by atoms with van der Waals surface area (Å²) in [5.74, 6) is 1.22. The van der Waals surface area contributed by atoms with Gasteiger partial charge in [-0.1, -0.05) is 5.16 Å². The third-order valence-electron chi connectivity index (χ3n) is 6.06. The van der Waals surface area contributed by atoms with E-state index in [2.05, 4.69) is 15.4 Å². The molecule has 28 heavy (non-hydrogen) atoms. The number of hydrogen-bond donors (Lipinski definition) is 1. The van der Waals surface area contributed by atoms with E-state index in [1.807, 2.05) is 24.3 Å². The Balaban J connectivity index is 1.17. The van der Waals surface area contributed by atoms with Gasteiger partial charge in [0.25, 0.3) is 0 Å². The lowest BCUT2D eigenvalue weighted by molar-refractivity contribution is -0.260. The first-order valence-corrected chi connectivity index (χ1v) is 9.54. The normalized spacial score (nSPS) is 28.2. The number of methoxy groups -OCH3 is 1. The summed E-state index contributed by atoms with van der Waals surface area (Å²) in [5.41, 5.74) is 0.766. The van der Waals surface area contributed by atoms with Gasteiger partial charge in [0.15, 0.2) is 5.82 Å². The zero-order valence-electron chi connectivity index (χ0n) is 15.8. The maximum Gasteiger partial charge on any atom is 0.318 e. The number of ether oxygens (including phenoxy) is 3. The highest BCUT2D eigenvalue weighted by Gasteiger charge is 2.72. The fourth-order valence-corrected chi connectivity index (χ4v) is 4.43. The number of nitrogens with one attached hydrogen (secondary N) is 1. The molecule has 1 aromatic heterocycles. The second-order valence-electron chi connectivity index (χ2n) is 7.88. The largest absolute Gasteiger partial charge is 0.425 e. The van der Waals surface area contributed by atoms with Gasteiger partial charge in [-0.2, -0.15) is 0 Å². The zero-order chi connectivity index (χ0) is 19.2. The Hall–Kier alpha value is -2.58. The highest BCUT2D eigenvalue weighted by molar-refractivity contribution is 5.97. The summed E-state index contributed by atoms with van der Waals surface area (Å²) in [5, 5.41) is 6.71. The summed E-state index contributed by atoms with van der Waals surface area (Å²) in [4.78, 5) is 14.7. The average Bonchev–Trinajstić information content (AvgIpc) is 3.08. The zero-order valence-corrected chi connectivity index (χ0v) is 15.8. The predicted octanol–water partition coefficient (Wildman–Crippen LogP) is 2.81. The van der Waals surface area contributed by atoms with E-state index in [1.54, 1.807) is 13.2 Å². The summed E-state index contributed by atoms with van der Waals surface area (Å²) < 4.78 is 21.7. The Morgan fingerprint density at radius 1 is 1.18 bits per heavy atom. The van der Waals surface area contributed by atoms with Crippen molar-refractivity contribution < 1.29 is 23.5 Å². The molecule has 4 fully saturated rings. The number of amides is 1. The van der Waals surface area contributed by atoms with E-state index in [4.69, 9.17) is 18.7 Å². The minimum Gasteiger partial charge on any atom is -0.425 e. The van der Waals surface area contributed by atoms with Gasteiger partial charge in [-0.25, -0.2) is 0 Å². The van der Waals surface area contributed by atoms with Crippen LogP contribution in [0.3, 0.4) is 0 Å². The van der Waals surface area contributed by atoms with Gasteiger partial charge in [-0.05, 0) is 43.5 Å². The van der Waals surface area contributed by atoms with Gasteiger partial charge in [0.05, 0.1) is 30.3 Å². The summed E-state index contributed by atoms with van der Waals surface area (Å²) in [6.07, 6.45) is 2.33. The molecule has 2 bridgehead atoms. The molecular formula is C20H23N3O5. The van der Waals surface area contributed by atoms with Crippen LogP contribution < -0.4 is 15.0 Å². The van der Waals surface area contributed by atoms with E-state index in [9.17, 15) is 4.79 Å². The van der Waals surface area contributed by atoms with Gasteiger partial charge < -0.3 is 29.0 Å². The van der Waals surface area contributed by atoms with Crippen molar-refractivity contribution in [3.8, 4) is 11.7 Å². The van der Waals surface area contributed by atoms with Gasteiger partial charge in [-0.3, -0.25) is 4.79 Å².